The van der Waals surface area contributed by atoms with Gasteiger partial charge in [0.2, 0.25) is 5.91 Å². The fourth-order valence-corrected chi connectivity index (χ4v) is 2.72. The largest absolute Gasteiger partial charge is 0.491 e. The van der Waals surface area contributed by atoms with Gasteiger partial charge in [0.05, 0.1) is 6.54 Å². The second-order valence-electron chi connectivity index (χ2n) is 6.39. The third kappa shape index (κ3) is 3.41. The van der Waals surface area contributed by atoms with Crippen molar-refractivity contribution in [3.63, 3.8) is 0 Å². The molecule has 0 aliphatic carbocycles. The molecule has 2 rings (SSSR count). The average molecular weight is 334 g/mol. The minimum Gasteiger partial charge on any atom is -0.491 e. The number of aliphatic hydroxyl groups is 1. The van der Waals surface area contributed by atoms with E-state index in [1.807, 2.05) is 25.1 Å². The molecule has 130 valence electrons. The lowest BCUT2D eigenvalue weighted by molar-refractivity contribution is -0.138. The van der Waals surface area contributed by atoms with Crippen molar-refractivity contribution in [2.45, 2.75) is 39.3 Å². The zero-order chi connectivity index (χ0) is 18.1. The number of urea groups is 1. The van der Waals surface area contributed by atoms with Crippen molar-refractivity contribution >= 4 is 17.8 Å². The summed E-state index contributed by atoms with van der Waals surface area (Å²) in [4.78, 5) is 38.1. The van der Waals surface area contributed by atoms with Crippen molar-refractivity contribution in [2.24, 2.45) is 0 Å². The summed E-state index contributed by atoms with van der Waals surface area (Å²) in [5.74, 6) is -0.428. The first-order valence-electron chi connectivity index (χ1n) is 7.69. The van der Waals surface area contributed by atoms with E-state index in [1.165, 1.54) is 20.8 Å². The van der Waals surface area contributed by atoms with Crippen molar-refractivity contribution in [1.82, 2.24) is 9.80 Å². The van der Waals surface area contributed by atoms with E-state index in [-0.39, 0.29) is 13.2 Å². The Balaban J connectivity index is 2.01. The van der Waals surface area contributed by atoms with Crippen molar-refractivity contribution in [2.75, 3.05) is 13.2 Å². The second kappa shape index (κ2) is 6.60. The van der Waals surface area contributed by atoms with E-state index in [9.17, 15) is 19.5 Å². The van der Waals surface area contributed by atoms with Gasteiger partial charge in [-0.15, -0.1) is 0 Å². The number of rotatable bonds is 5. The van der Waals surface area contributed by atoms with Gasteiger partial charge in [0.1, 0.15) is 24.0 Å². The van der Waals surface area contributed by atoms with Crippen LogP contribution in [0, 0.1) is 6.92 Å². The van der Waals surface area contributed by atoms with Gasteiger partial charge in [-0.3, -0.25) is 14.5 Å². The molecule has 1 saturated heterocycles. The van der Waals surface area contributed by atoms with Gasteiger partial charge in [0.25, 0.3) is 5.91 Å². The standard InChI is InChI=1S/C17H22N2O5/c1-11-6-5-7-14(8-11)24-10-13(21)9-18-15(22)17(3,4)19(12(2)20)16(18)23/h5-8,13,21H,9-10H2,1-4H3. The molecule has 1 atom stereocenters. The lowest BCUT2D eigenvalue weighted by Gasteiger charge is -2.24. The molecule has 24 heavy (non-hydrogen) atoms. The smallest absolute Gasteiger partial charge is 0.334 e. The number of β-amino-alcohol motifs (C(OH)–C–C–N with tert-alkyl or cyclic N) is 1. The monoisotopic (exact) mass is 334 g/mol. The minimum atomic E-state index is -1.25. The van der Waals surface area contributed by atoms with Crippen LogP contribution in [0.25, 0.3) is 0 Å². The maximum Gasteiger partial charge on any atom is 0.334 e. The zero-order valence-electron chi connectivity index (χ0n) is 14.3. The number of hydrogen-bond acceptors (Lipinski definition) is 5. The predicted molar refractivity (Wildman–Crippen MR) is 86.4 cm³/mol. The van der Waals surface area contributed by atoms with Crippen molar-refractivity contribution in [3.05, 3.63) is 29.8 Å². The van der Waals surface area contributed by atoms with Crippen molar-refractivity contribution in [1.29, 1.82) is 0 Å². The molecule has 0 spiro atoms. The van der Waals surface area contributed by atoms with Gasteiger partial charge < -0.3 is 9.84 Å². The minimum absolute atomic E-state index is 0.0684. The summed E-state index contributed by atoms with van der Waals surface area (Å²) >= 11 is 0. The van der Waals surface area contributed by atoms with Gasteiger partial charge in [0, 0.05) is 6.92 Å². The summed E-state index contributed by atoms with van der Waals surface area (Å²) in [6.07, 6.45) is -1.05. The number of carbonyl (C=O) groups is 3. The van der Waals surface area contributed by atoms with Crippen LogP contribution in [-0.2, 0) is 9.59 Å². The summed E-state index contributed by atoms with van der Waals surface area (Å²) in [6, 6.07) is 6.61. The van der Waals surface area contributed by atoms with Crippen molar-refractivity contribution in [3.8, 4) is 5.75 Å². The quantitative estimate of drug-likeness (QED) is 0.821. The maximum absolute atomic E-state index is 12.4. The molecule has 1 aromatic rings. The molecule has 1 fully saturated rings. The van der Waals surface area contributed by atoms with Crippen LogP contribution < -0.4 is 4.74 Å². The fraction of sp³-hybridized carbons (Fsp3) is 0.471. The van der Waals surface area contributed by atoms with Gasteiger partial charge in [-0.05, 0) is 38.5 Å². The van der Waals surface area contributed by atoms with Gasteiger partial charge in [0.15, 0.2) is 0 Å². The molecule has 7 heteroatoms. The third-order valence-electron chi connectivity index (χ3n) is 3.89. The Morgan fingerprint density at radius 3 is 2.54 bits per heavy atom. The molecule has 4 amide bonds. The first-order chi connectivity index (χ1) is 11.1. The number of carbonyl (C=O) groups excluding carboxylic acids is 3. The van der Waals surface area contributed by atoms with Gasteiger partial charge in [-0.1, -0.05) is 12.1 Å². The van der Waals surface area contributed by atoms with Crippen LogP contribution >= 0.6 is 0 Å². The summed E-state index contributed by atoms with van der Waals surface area (Å²) < 4.78 is 5.48. The van der Waals surface area contributed by atoms with Crippen LogP contribution in [0.2, 0.25) is 0 Å². The molecular formula is C17H22N2O5. The Morgan fingerprint density at radius 1 is 1.33 bits per heavy atom. The molecule has 0 saturated carbocycles. The number of aliphatic hydroxyl groups excluding tert-OH is 1. The summed E-state index contributed by atoms with van der Waals surface area (Å²) in [6.45, 7) is 5.86. The van der Waals surface area contributed by atoms with Crippen LogP contribution in [-0.4, -0.2) is 57.5 Å². The Labute approximate surface area is 140 Å². The Kier molecular flexibility index (Phi) is 4.94. The highest BCUT2D eigenvalue weighted by Gasteiger charge is 2.53. The van der Waals surface area contributed by atoms with E-state index < -0.39 is 29.5 Å². The van der Waals surface area contributed by atoms with E-state index in [2.05, 4.69) is 0 Å². The Hall–Kier alpha value is -2.41. The average Bonchev–Trinajstić information content (AvgIpc) is 2.65. The molecule has 1 aliphatic rings. The number of hydrogen-bond donors (Lipinski definition) is 1. The number of benzene rings is 1. The fourth-order valence-electron chi connectivity index (χ4n) is 2.72. The first-order valence-corrected chi connectivity index (χ1v) is 7.69. The highest BCUT2D eigenvalue weighted by Crippen LogP contribution is 2.27. The summed E-state index contributed by atoms with van der Waals surface area (Å²) in [7, 11) is 0. The Morgan fingerprint density at radius 2 is 2.00 bits per heavy atom. The van der Waals surface area contributed by atoms with E-state index in [0.717, 1.165) is 15.4 Å². The molecule has 1 aromatic carbocycles. The topological polar surface area (TPSA) is 87.2 Å². The molecule has 0 radical (unpaired) electrons. The SMILES string of the molecule is CC(=O)N1C(=O)N(CC(O)COc2cccc(C)c2)C(=O)C1(C)C. The van der Waals surface area contributed by atoms with Gasteiger partial charge in [-0.25, -0.2) is 9.69 Å². The summed E-state index contributed by atoms with van der Waals surface area (Å²) in [5, 5.41) is 10.1. The molecule has 0 aromatic heterocycles. The van der Waals surface area contributed by atoms with Gasteiger partial charge >= 0.3 is 6.03 Å². The number of imide groups is 2. The normalized spacial score (nSPS) is 18.0. The molecule has 1 heterocycles. The van der Waals surface area contributed by atoms with E-state index in [1.54, 1.807) is 6.07 Å². The predicted octanol–water partition coefficient (Wildman–Crippen LogP) is 1.32. The van der Waals surface area contributed by atoms with E-state index in [0.29, 0.717) is 5.75 Å². The molecule has 0 bridgehead atoms. The number of nitrogens with zero attached hydrogens (tertiary/aromatic N) is 2. The maximum atomic E-state index is 12.4. The first kappa shape index (κ1) is 17.9. The lowest BCUT2D eigenvalue weighted by Crippen LogP contribution is -2.46. The number of aryl methyl sites for hydroxylation is 1. The van der Waals surface area contributed by atoms with Crippen LogP contribution in [0.3, 0.4) is 0 Å². The van der Waals surface area contributed by atoms with Crippen LogP contribution in [0.5, 0.6) is 5.75 Å². The van der Waals surface area contributed by atoms with E-state index in [4.69, 9.17) is 4.74 Å². The zero-order valence-corrected chi connectivity index (χ0v) is 14.3. The third-order valence-corrected chi connectivity index (χ3v) is 3.89. The Bertz CT molecular complexity index is 671. The lowest BCUT2D eigenvalue weighted by atomic mass is 10.0. The number of ether oxygens (including phenoxy) is 1. The summed E-state index contributed by atoms with van der Waals surface area (Å²) in [5.41, 5.74) is -0.231. The second-order valence-corrected chi connectivity index (χ2v) is 6.39. The van der Waals surface area contributed by atoms with E-state index >= 15 is 0 Å². The van der Waals surface area contributed by atoms with Crippen molar-refractivity contribution < 1.29 is 24.2 Å². The molecule has 7 nitrogen and oxygen atoms in total. The number of amides is 4. The van der Waals surface area contributed by atoms with Crippen LogP contribution in [0.15, 0.2) is 24.3 Å². The van der Waals surface area contributed by atoms with Crippen LogP contribution in [0.4, 0.5) is 4.79 Å². The molecular weight excluding hydrogens is 312 g/mol. The molecule has 1 aliphatic heterocycles. The highest BCUT2D eigenvalue weighted by atomic mass is 16.5. The molecule has 1 N–H and O–H groups in total. The highest BCUT2D eigenvalue weighted by molar-refractivity contribution is 6.13. The van der Waals surface area contributed by atoms with Gasteiger partial charge in [-0.2, -0.15) is 0 Å². The molecule has 1 unspecified atom stereocenters. The van der Waals surface area contributed by atoms with Crippen LogP contribution in [0.1, 0.15) is 26.3 Å².